The first-order valence-electron chi connectivity index (χ1n) is 8.27. The third-order valence-electron chi connectivity index (χ3n) is 3.61. The van der Waals surface area contributed by atoms with Gasteiger partial charge in [-0.3, -0.25) is 4.79 Å². The second-order valence-corrected chi connectivity index (χ2v) is 6.45. The van der Waals surface area contributed by atoms with Gasteiger partial charge in [0.05, 0.1) is 22.3 Å². The molecule has 9 heteroatoms. The number of benzene rings is 2. The van der Waals surface area contributed by atoms with Crippen molar-refractivity contribution in [3.8, 4) is 0 Å². The molecule has 0 aromatic heterocycles. The maximum Gasteiger partial charge on any atom is 0.335 e. The summed E-state index contributed by atoms with van der Waals surface area (Å²) in [6, 6.07) is 7.66. The van der Waals surface area contributed by atoms with Crippen molar-refractivity contribution in [2.75, 3.05) is 18.5 Å². The van der Waals surface area contributed by atoms with Gasteiger partial charge in [0.2, 0.25) is 5.91 Å². The van der Waals surface area contributed by atoms with E-state index in [2.05, 4.69) is 5.32 Å². The molecule has 2 aromatic rings. The van der Waals surface area contributed by atoms with Gasteiger partial charge in [0, 0.05) is 12.5 Å². The molecule has 0 aliphatic rings. The van der Waals surface area contributed by atoms with Gasteiger partial charge in [-0.25, -0.2) is 13.6 Å². The highest BCUT2D eigenvalue weighted by molar-refractivity contribution is 6.39. The molecule has 1 atom stereocenters. The van der Waals surface area contributed by atoms with E-state index in [1.807, 2.05) is 0 Å². The topological polar surface area (TPSA) is 64.6 Å². The Hall–Kier alpha value is -2.22. The lowest BCUT2D eigenvalue weighted by molar-refractivity contribution is -0.157. The number of carbonyl (C=O) groups is 2. The minimum atomic E-state index is -1.26. The SMILES string of the molecule is CCOC(=O)C(Cc1ccc(F)cc1F)OCC(=O)Nc1c(Cl)cccc1Cl. The van der Waals surface area contributed by atoms with Gasteiger partial charge < -0.3 is 14.8 Å². The van der Waals surface area contributed by atoms with Crippen molar-refractivity contribution in [2.45, 2.75) is 19.4 Å². The van der Waals surface area contributed by atoms with Crippen molar-refractivity contribution >= 4 is 40.8 Å². The van der Waals surface area contributed by atoms with Crippen molar-refractivity contribution < 1.29 is 27.8 Å². The first-order valence-corrected chi connectivity index (χ1v) is 9.03. The van der Waals surface area contributed by atoms with Crippen molar-refractivity contribution in [3.63, 3.8) is 0 Å². The van der Waals surface area contributed by atoms with Gasteiger partial charge in [0.15, 0.2) is 6.10 Å². The third kappa shape index (κ3) is 6.15. The number of ether oxygens (including phenoxy) is 2. The number of nitrogens with one attached hydrogen (secondary N) is 1. The Labute approximate surface area is 170 Å². The van der Waals surface area contributed by atoms with Crippen LogP contribution in [0.4, 0.5) is 14.5 Å². The Bertz CT molecular complexity index is 844. The zero-order valence-corrected chi connectivity index (χ0v) is 16.3. The van der Waals surface area contributed by atoms with Crippen LogP contribution < -0.4 is 5.32 Å². The summed E-state index contributed by atoms with van der Waals surface area (Å²) in [5.74, 6) is -2.96. The van der Waals surface area contributed by atoms with Crippen LogP contribution in [0.1, 0.15) is 12.5 Å². The number of rotatable bonds is 8. The molecule has 0 saturated carbocycles. The van der Waals surface area contributed by atoms with Gasteiger partial charge >= 0.3 is 5.97 Å². The van der Waals surface area contributed by atoms with Gasteiger partial charge in [0.25, 0.3) is 0 Å². The number of anilines is 1. The van der Waals surface area contributed by atoms with Crippen molar-refractivity contribution in [1.29, 1.82) is 0 Å². The summed E-state index contributed by atoms with van der Waals surface area (Å²) in [5, 5.41) is 2.95. The van der Waals surface area contributed by atoms with E-state index in [1.165, 1.54) is 6.07 Å². The minimum absolute atomic E-state index is 0.0500. The molecule has 0 saturated heterocycles. The fourth-order valence-corrected chi connectivity index (χ4v) is 2.79. The van der Waals surface area contributed by atoms with Crippen LogP contribution in [0.2, 0.25) is 10.0 Å². The lowest BCUT2D eigenvalue weighted by Gasteiger charge is -2.17. The molecule has 2 aromatic carbocycles. The van der Waals surface area contributed by atoms with E-state index in [1.54, 1.807) is 25.1 Å². The number of esters is 1. The molecule has 0 bridgehead atoms. The monoisotopic (exact) mass is 431 g/mol. The zero-order chi connectivity index (χ0) is 20.7. The number of hydrogen-bond acceptors (Lipinski definition) is 4. The fourth-order valence-electron chi connectivity index (χ4n) is 2.30. The molecule has 0 heterocycles. The van der Waals surface area contributed by atoms with Crippen LogP contribution in [0.15, 0.2) is 36.4 Å². The van der Waals surface area contributed by atoms with E-state index in [4.69, 9.17) is 32.7 Å². The molecule has 0 aliphatic carbocycles. The summed E-state index contributed by atoms with van der Waals surface area (Å²) in [4.78, 5) is 24.2. The molecule has 1 N–H and O–H groups in total. The second-order valence-electron chi connectivity index (χ2n) is 5.64. The predicted molar refractivity (Wildman–Crippen MR) is 102 cm³/mol. The number of hydrogen-bond donors (Lipinski definition) is 1. The van der Waals surface area contributed by atoms with Gasteiger partial charge in [-0.2, -0.15) is 0 Å². The summed E-state index contributed by atoms with van der Waals surface area (Å²) in [6.45, 7) is 1.14. The minimum Gasteiger partial charge on any atom is -0.464 e. The maximum absolute atomic E-state index is 13.9. The van der Waals surface area contributed by atoms with Crippen LogP contribution in [-0.2, 0) is 25.5 Å². The molecule has 0 aliphatic heterocycles. The summed E-state index contributed by atoms with van der Waals surface area (Å²) in [6.07, 6.45) is -1.49. The number of halogens is 4. The van der Waals surface area contributed by atoms with Crippen LogP contribution in [-0.4, -0.2) is 31.2 Å². The summed E-state index contributed by atoms with van der Waals surface area (Å²) >= 11 is 12.0. The van der Waals surface area contributed by atoms with Gasteiger partial charge in [0.1, 0.15) is 18.2 Å². The Kier molecular flexibility index (Phi) is 8.17. The van der Waals surface area contributed by atoms with Crippen LogP contribution in [0.3, 0.4) is 0 Å². The second kappa shape index (κ2) is 10.4. The van der Waals surface area contributed by atoms with E-state index < -0.39 is 36.2 Å². The molecule has 1 unspecified atom stereocenters. The fraction of sp³-hybridized carbons (Fsp3) is 0.263. The standard InChI is InChI=1S/C19H17Cl2F2NO4/c1-2-27-19(26)16(8-11-6-7-12(22)9-15(11)23)28-10-17(25)24-18-13(20)4-3-5-14(18)21/h3-7,9,16H,2,8,10H2,1H3,(H,24,25). The van der Waals surface area contributed by atoms with E-state index >= 15 is 0 Å². The highest BCUT2D eigenvalue weighted by Crippen LogP contribution is 2.29. The first-order chi connectivity index (χ1) is 13.3. The maximum atomic E-state index is 13.9. The molecule has 2 rings (SSSR count). The zero-order valence-electron chi connectivity index (χ0n) is 14.8. The van der Waals surface area contributed by atoms with Gasteiger partial charge in [-0.15, -0.1) is 0 Å². The van der Waals surface area contributed by atoms with E-state index in [9.17, 15) is 18.4 Å². The molecular weight excluding hydrogens is 415 g/mol. The largest absolute Gasteiger partial charge is 0.464 e. The van der Waals surface area contributed by atoms with Gasteiger partial charge in [-0.1, -0.05) is 35.3 Å². The molecule has 0 radical (unpaired) electrons. The molecule has 0 fully saturated rings. The van der Waals surface area contributed by atoms with Crippen molar-refractivity contribution in [1.82, 2.24) is 0 Å². The predicted octanol–water partition coefficient (Wildman–Crippen LogP) is 4.40. The highest BCUT2D eigenvalue weighted by atomic mass is 35.5. The van der Waals surface area contributed by atoms with Crippen molar-refractivity contribution in [2.24, 2.45) is 0 Å². The summed E-state index contributed by atoms with van der Waals surface area (Å²) in [5.41, 5.74) is 0.255. The van der Waals surface area contributed by atoms with Crippen LogP contribution in [0.5, 0.6) is 0 Å². The Balaban J connectivity index is 2.06. The first kappa shape index (κ1) is 22.1. The summed E-state index contributed by atoms with van der Waals surface area (Å²) < 4.78 is 37.2. The highest BCUT2D eigenvalue weighted by Gasteiger charge is 2.24. The molecular formula is C19H17Cl2F2NO4. The molecule has 0 spiro atoms. The third-order valence-corrected chi connectivity index (χ3v) is 4.24. The van der Waals surface area contributed by atoms with Crippen molar-refractivity contribution in [3.05, 3.63) is 63.6 Å². The Morgan fingerprint density at radius 3 is 2.43 bits per heavy atom. The number of amides is 1. The molecule has 5 nitrogen and oxygen atoms in total. The Morgan fingerprint density at radius 1 is 1.14 bits per heavy atom. The average Bonchev–Trinajstić information content (AvgIpc) is 2.63. The number of para-hydroxylation sites is 1. The van der Waals surface area contributed by atoms with Crippen LogP contribution in [0.25, 0.3) is 0 Å². The van der Waals surface area contributed by atoms with Crippen LogP contribution >= 0.6 is 23.2 Å². The Morgan fingerprint density at radius 2 is 1.82 bits per heavy atom. The molecule has 28 heavy (non-hydrogen) atoms. The van der Waals surface area contributed by atoms with E-state index in [0.29, 0.717) is 6.07 Å². The van der Waals surface area contributed by atoms with Crippen LogP contribution in [0, 0.1) is 11.6 Å². The van der Waals surface area contributed by atoms with Gasteiger partial charge in [-0.05, 0) is 30.7 Å². The lowest BCUT2D eigenvalue weighted by atomic mass is 10.1. The smallest absolute Gasteiger partial charge is 0.335 e. The summed E-state index contributed by atoms with van der Waals surface area (Å²) in [7, 11) is 0. The van der Waals surface area contributed by atoms with E-state index in [-0.39, 0.29) is 34.3 Å². The molecule has 150 valence electrons. The lowest BCUT2D eigenvalue weighted by Crippen LogP contribution is -2.32. The van der Waals surface area contributed by atoms with E-state index in [0.717, 1.165) is 6.07 Å². The average molecular weight is 432 g/mol. The quantitative estimate of drug-likeness (QED) is 0.629. The molecule has 1 amide bonds. The normalized spacial score (nSPS) is 11.8. The number of carbonyl (C=O) groups excluding carboxylic acids is 2.